The Morgan fingerprint density at radius 1 is 1.38 bits per heavy atom. The van der Waals surface area contributed by atoms with Crippen molar-refractivity contribution < 1.29 is 24.2 Å². The molecule has 0 aromatic carbocycles. The third-order valence-electron chi connectivity index (χ3n) is 2.46. The molecule has 0 saturated carbocycles. The molecule has 0 radical (unpaired) electrons. The SMILES string of the molecule is O=C(O)C[N+]1(CCO)CCOCC1. The minimum absolute atomic E-state index is 0.0350. The van der Waals surface area contributed by atoms with Crippen molar-refractivity contribution in [3.05, 3.63) is 0 Å². The van der Waals surface area contributed by atoms with E-state index in [0.717, 1.165) is 0 Å². The number of hydrogen-bond donors (Lipinski definition) is 2. The summed E-state index contributed by atoms with van der Waals surface area (Å²) >= 11 is 0. The molecular formula is C8H16NO4+. The summed E-state index contributed by atoms with van der Waals surface area (Å²) in [6.45, 7) is 3.19. The summed E-state index contributed by atoms with van der Waals surface area (Å²) in [5, 5.41) is 17.6. The average Bonchev–Trinajstić information content (AvgIpc) is 2.04. The van der Waals surface area contributed by atoms with Crippen LogP contribution in [0.4, 0.5) is 0 Å². The number of rotatable bonds is 4. The highest BCUT2D eigenvalue weighted by molar-refractivity contribution is 5.67. The van der Waals surface area contributed by atoms with Crippen LogP contribution in [0, 0.1) is 0 Å². The lowest BCUT2D eigenvalue weighted by Gasteiger charge is -2.39. The Kier molecular flexibility index (Phi) is 3.65. The van der Waals surface area contributed by atoms with Crippen LogP contribution in [0.1, 0.15) is 0 Å². The smallest absolute Gasteiger partial charge is 0.359 e. The molecule has 1 fully saturated rings. The summed E-state index contributed by atoms with van der Waals surface area (Å²) < 4.78 is 5.61. The lowest BCUT2D eigenvalue weighted by molar-refractivity contribution is -0.928. The highest BCUT2D eigenvalue weighted by Gasteiger charge is 2.32. The molecule has 1 aliphatic rings. The van der Waals surface area contributed by atoms with Crippen molar-refractivity contribution in [3.8, 4) is 0 Å². The zero-order valence-corrected chi connectivity index (χ0v) is 7.61. The number of ether oxygens (including phenoxy) is 1. The van der Waals surface area contributed by atoms with Crippen LogP contribution >= 0.6 is 0 Å². The van der Waals surface area contributed by atoms with Gasteiger partial charge in [-0.05, 0) is 0 Å². The highest BCUT2D eigenvalue weighted by Crippen LogP contribution is 2.10. The van der Waals surface area contributed by atoms with Crippen molar-refractivity contribution in [2.45, 2.75) is 0 Å². The van der Waals surface area contributed by atoms with Gasteiger partial charge < -0.3 is 19.4 Å². The summed E-state index contributed by atoms with van der Waals surface area (Å²) in [5.41, 5.74) is 0. The molecule has 0 spiro atoms. The molecule has 1 saturated heterocycles. The van der Waals surface area contributed by atoms with Crippen LogP contribution < -0.4 is 0 Å². The zero-order valence-electron chi connectivity index (χ0n) is 7.61. The van der Waals surface area contributed by atoms with E-state index in [1.54, 1.807) is 0 Å². The fraction of sp³-hybridized carbons (Fsp3) is 0.875. The van der Waals surface area contributed by atoms with Crippen molar-refractivity contribution in [1.29, 1.82) is 0 Å². The molecule has 5 nitrogen and oxygen atoms in total. The molecule has 1 heterocycles. The maximum absolute atomic E-state index is 10.6. The molecule has 0 aromatic rings. The number of aliphatic carboxylic acids is 1. The predicted molar refractivity (Wildman–Crippen MR) is 45.3 cm³/mol. The molecule has 76 valence electrons. The first-order valence-corrected chi connectivity index (χ1v) is 4.44. The van der Waals surface area contributed by atoms with Gasteiger partial charge in [-0.2, -0.15) is 0 Å². The van der Waals surface area contributed by atoms with Crippen LogP contribution in [0.5, 0.6) is 0 Å². The Morgan fingerprint density at radius 2 is 2.00 bits per heavy atom. The highest BCUT2D eigenvalue weighted by atomic mass is 16.5. The van der Waals surface area contributed by atoms with Gasteiger partial charge in [-0.15, -0.1) is 0 Å². The van der Waals surface area contributed by atoms with Gasteiger partial charge in [0.05, 0.1) is 19.8 Å². The normalized spacial score (nSPS) is 21.3. The van der Waals surface area contributed by atoms with Gasteiger partial charge in [0.25, 0.3) is 0 Å². The van der Waals surface area contributed by atoms with Crippen molar-refractivity contribution in [2.75, 3.05) is 46.0 Å². The van der Waals surface area contributed by atoms with E-state index in [-0.39, 0.29) is 13.2 Å². The summed E-state index contributed by atoms with van der Waals surface area (Å²) in [7, 11) is 0. The minimum atomic E-state index is -0.810. The van der Waals surface area contributed by atoms with E-state index in [1.165, 1.54) is 0 Å². The number of carboxylic acid groups (broad SMARTS) is 1. The Bertz CT molecular complexity index is 171. The molecule has 1 aliphatic heterocycles. The standard InChI is InChI=1S/C8H15NO4/c10-4-1-9(7-8(11)12)2-5-13-6-3-9/h10H,1-7H2/p+1. The molecule has 13 heavy (non-hydrogen) atoms. The van der Waals surface area contributed by atoms with Gasteiger partial charge in [-0.3, -0.25) is 0 Å². The first-order valence-electron chi connectivity index (χ1n) is 4.44. The fourth-order valence-electron chi connectivity index (χ4n) is 1.69. The number of quaternary nitrogens is 1. The van der Waals surface area contributed by atoms with Gasteiger partial charge in [0.2, 0.25) is 0 Å². The summed E-state index contributed by atoms with van der Waals surface area (Å²) in [6, 6.07) is 0. The van der Waals surface area contributed by atoms with E-state index < -0.39 is 5.97 Å². The second-order valence-corrected chi connectivity index (χ2v) is 3.40. The number of morpholine rings is 1. The molecule has 1 rings (SSSR count). The molecule has 0 aromatic heterocycles. The number of aliphatic hydroxyl groups excluding tert-OH is 1. The maximum atomic E-state index is 10.6. The predicted octanol–water partition coefficient (Wildman–Crippen LogP) is -1.09. The van der Waals surface area contributed by atoms with Crippen LogP contribution in [0.15, 0.2) is 0 Å². The van der Waals surface area contributed by atoms with Crippen molar-refractivity contribution in [1.82, 2.24) is 0 Å². The number of nitrogens with zero attached hydrogens (tertiary/aromatic N) is 1. The largest absolute Gasteiger partial charge is 0.477 e. The molecule has 0 aliphatic carbocycles. The molecule has 0 amide bonds. The topological polar surface area (TPSA) is 66.8 Å². The van der Waals surface area contributed by atoms with E-state index in [9.17, 15) is 4.79 Å². The van der Waals surface area contributed by atoms with Crippen LogP contribution in [0.25, 0.3) is 0 Å². The van der Waals surface area contributed by atoms with E-state index in [4.69, 9.17) is 14.9 Å². The van der Waals surface area contributed by atoms with Gasteiger partial charge in [-0.25, -0.2) is 4.79 Å². The van der Waals surface area contributed by atoms with Crippen LogP contribution in [-0.2, 0) is 9.53 Å². The van der Waals surface area contributed by atoms with Crippen molar-refractivity contribution >= 4 is 5.97 Å². The molecule has 2 N–H and O–H groups in total. The van der Waals surface area contributed by atoms with Gasteiger partial charge in [0.15, 0.2) is 6.54 Å². The van der Waals surface area contributed by atoms with E-state index >= 15 is 0 Å². The van der Waals surface area contributed by atoms with E-state index in [0.29, 0.717) is 37.3 Å². The van der Waals surface area contributed by atoms with Crippen molar-refractivity contribution in [3.63, 3.8) is 0 Å². The average molecular weight is 190 g/mol. The monoisotopic (exact) mass is 190 g/mol. The lowest BCUT2D eigenvalue weighted by atomic mass is 10.3. The third-order valence-corrected chi connectivity index (χ3v) is 2.46. The second-order valence-electron chi connectivity index (χ2n) is 3.40. The zero-order chi connectivity index (χ0) is 9.73. The number of carbonyl (C=O) groups is 1. The van der Waals surface area contributed by atoms with Crippen LogP contribution in [0.2, 0.25) is 0 Å². The van der Waals surface area contributed by atoms with Crippen LogP contribution in [-0.4, -0.2) is 66.7 Å². The number of aliphatic hydroxyl groups is 1. The minimum Gasteiger partial charge on any atom is -0.477 e. The van der Waals surface area contributed by atoms with Gasteiger partial charge in [-0.1, -0.05) is 0 Å². The molecule has 0 bridgehead atoms. The van der Waals surface area contributed by atoms with Crippen LogP contribution in [0.3, 0.4) is 0 Å². The number of hydrogen-bond acceptors (Lipinski definition) is 3. The summed E-state index contributed by atoms with van der Waals surface area (Å²) in [5.74, 6) is -0.810. The summed E-state index contributed by atoms with van der Waals surface area (Å²) in [4.78, 5) is 10.6. The molecule has 5 heteroatoms. The van der Waals surface area contributed by atoms with Gasteiger partial charge in [0, 0.05) is 0 Å². The molecule has 0 atom stereocenters. The Hall–Kier alpha value is -0.650. The molecule has 0 unspecified atom stereocenters. The Labute approximate surface area is 77.1 Å². The fourth-order valence-corrected chi connectivity index (χ4v) is 1.69. The Morgan fingerprint density at radius 3 is 2.46 bits per heavy atom. The Balaban J connectivity index is 2.55. The van der Waals surface area contributed by atoms with Gasteiger partial charge >= 0.3 is 5.97 Å². The first kappa shape index (κ1) is 10.4. The third kappa shape index (κ3) is 2.95. The summed E-state index contributed by atoms with van der Waals surface area (Å²) in [6.07, 6.45) is 0. The van der Waals surface area contributed by atoms with Crippen molar-refractivity contribution in [2.24, 2.45) is 0 Å². The van der Waals surface area contributed by atoms with E-state index in [1.807, 2.05) is 0 Å². The number of carboxylic acids is 1. The quantitative estimate of drug-likeness (QED) is 0.553. The van der Waals surface area contributed by atoms with E-state index in [2.05, 4.69) is 0 Å². The second kappa shape index (κ2) is 4.55. The maximum Gasteiger partial charge on any atom is 0.359 e. The van der Waals surface area contributed by atoms with Gasteiger partial charge in [0.1, 0.15) is 19.6 Å². The lowest BCUT2D eigenvalue weighted by Crippen LogP contribution is -2.58. The molecular weight excluding hydrogens is 174 g/mol. The first-order chi connectivity index (χ1) is 6.18.